The number of benzene rings is 1. The highest BCUT2D eigenvalue weighted by Crippen LogP contribution is 2.39. The maximum Gasteiger partial charge on any atom is 0.237 e. The maximum atomic E-state index is 13.2. The van der Waals surface area contributed by atoms with Crippen LogP contribution in [-0.2, 0) is 9.53 Å². The summed E-state index contributed by atoms with van der Waals surface area (Å²) in [5, 5.41) is 0. The van der Waals surface area contributed by atoms with Crippen LogP contribution in [0.15, 0.2) is 18.2 Å². The van der Waals surface area contributed by atoms with Gasteiger partial charge >= 0.3 is 0 Å². The molecule has 3 fully saturated rings. The third-order valence-electron chi connectivity index (χ3n) is 7.20. The van der Waals surface area contributed by atoms with E-state index in [1.165, 1.54) is 32.1 Å². The number of likely N-dealkylation sites (tertiary alicyclic amines) is 2. The first-order valence-electron chi connectivity index (χ1n) is 12.1. The number of hydrogen-bond donors (Lipinski definition) is 0. The Balaban J connectivity index is 1.31. The normalized spacial score (nSPS) is 23.8. The van der Waals surface area contributed by atoms with Gasteiger partial charge in [-0.2, -0.15) is 0 Å². The largest absolute Gasteiger partial charge is 0.497 e. The molecular weight excluding hydrogens is 392 g/mol. The summed E-state index contributed by atoms with van der Waals surface area (Å²) in [6, 6.07) is 5.92. The van der Waals surface area contributed by atoms with E-state index in [4.69, 9.17) is 14.2 Å². The molecular formula is C25H38N2O4. The van der Waals surface area contributed by atoms with Crippen LogP contribution in [0, 0.1) is 0 Å². The van der Waals surface area contributed by atoms with Gasteiger partial charge in [0.25, 0.3) is 0 Å². The first-order chi connectivity index (χ1) is 15.2. The Morgan fingerprint density at radius 3 is 2.35 bits per heavy atom. The first kappa shape index (κ1) is 22.4. The lowest BCUT2D eigenvalue weighted by molar-refractivity contribution is -0.134. The molecule has 2 aliphatic heterocycles. The monoisotopic (exact) mass is 430 g/mol. The standard InChI is InChI=1S/C25H38N2O4/c1-29-21-10-11-24(30-2)22(17-21)23-9-6-14-27(23)25(28)18-26-15-12-20(13-16-26)31-19-7-4-3-5-8-19/h10-11,17,19-20,23H,3-9,12-16,18H2,1-2H3. The van der Waals surface area contributed by atoms with Crippen molar-refractivity contribution >= 4 is 5.91 Å². The van der Waals surface area contributed by atoms with Gasteiger partial charge in [0.05, 0.1) is 39.0 Å². The molecule has 1 saturated carbocycles. The molecule has 172 valence electrons. The van der Waals surface area contributed by atoms with E-state index < -0.39 is 0 Å². The van der Waals surface area contributed by atoms with Gasteiger partial charge in [0.2, 0.25) is 5.91 Å². The molecule has 1 amide bonds. The van der Waals surface area contributed by atoms with Crippen LogP contribution >= 0.6 is 0 Å². The van der Waals surface area contributed by atoms with E-state index in [2.05, 4.69) is 4.90 Å². The van der Waals surface area contributed by atoms with Gasteiger partial charge in [-0.05, 0) is 56.7 Å². The second-order valence-corrected chi connectivity index (χ2v) is 9.22. The zero-order valence-electron chi connectivity index (χ0n) is 19.2. The van der Waals surface area contributed by atoms with Crippen molar-refractivity contribution in [2.75, 3.05) is 40.4 Å². The van der Waals surface area contributed by atoms with Crippen LogP contribution in [0.25, 0.3) is 0 Å². The molecule has 1 aliphatic carbocycles. The Bertz CT molecular complexity index is 726. The molecule has 31 heavy (non-hydrogen) atoms. The van der Waals surface area contributed by atoms with E-state index in [1.54, 1.807) is 14.2 Å². The molecule has 2 saturated heterocycles. The van der Waals surface area contributed by atoms with E-state index in [0.717, 1.165) is 62.4 Å². The highest BCUT2D eigenvalue weighted by Gasteiger charge is 2.33. The fourth-order valence-electron chi connectivity index (χ4n) is 5.45. The van der Waals surface area contributed by atoms with E-state index in [1.807, 2.05) is 23.1 Å². The number of carbonyl (C=O) groups excluding carboxylic acids is 1. The summed E-state index contributed by atoms with van der Waals surface area (Å²) in [5.41, 5.74) is 1.05. The zero-order valence-corrected chi connectivity index (χ0v) is 19.2. The summed E-state index contributed by atoms with van der Waals surface area (Å²) in [4.78, 5) is 17.6. The molecule has 4 rings (SSSR count). The molecule has 1 atom stereocenters. The molecule has 0 N–H and O–H groups in total. The number of methoxy groups -OCH3 is 2. The van der Waals surface area contributed by atoms with Crippen molar-refractivity contribution in [3.05, 3.63) is 23.8 Å². The second-order valence-electron chi connectivity index (χ2n) is 9.22. The van der Waals surface area contributed by atoms with Gasteiger partial charge < -0.3 is 19.1 Å². The van der Waals surface area contributed by atoms with Crippen molar-refractivity contribution in [2.45, 2.75) is 76.0 Å². The SMILES string of the molecule is COc1ccc(OC)c(C2CCCN2C(=O)CN2CCC(OC3CCCCC3)CC2)c1. The van der Waals surface area contributed by atoms with Gasteiger partial charge in [-0.1, -0.05) is 19.3 Å². The van der Waals surface area contributed by atoms with E-state index >= 15 is 0 Å². The molecule has 0 spiro atoms. The Morgan fingerprint density at radius 2 is 1.65 bits per heavy atom. The van der Waals surface area contributed by atoms with E-state index in [9.17, 15) is 4.79 Å². The molecule has 0 radical (unpaired) electrons. The number of ether oxygens (including phenoxy) is 3. The third kappa shape index (κ3) is 5.53. The molecule has 1 aromatic rings. The second kappa shape index (κ2) is 10.7. The lowest BCUT2D eigenvalue weighted by atomic mass is 9.97. The number of hydrogen-bond acceptors (Lipinski definition) is 5. The smallest absolute Gasteiger partial charge is 0.237 e. The Kier molecular flexibility index (Phi) is 7.72. The van der Waals surface area contributed by atoms with Crippen LogP contribution in [0.1, 0.15) is 69.4 Å². The quantitative estimate of drug-likeness (QED) is 0.650. The number of rotatable bonds is 7. The van der Waals surface area contributed by atoms with Crippen LogP contribution in [0.3, 0.4) is 0 Å². The van der Waals surface area contributed by atoms with E-state index in [0.29, 0.717) is 18.8 Å². The summed E-state index contributed by atoms with van der Waals surface area (Å²) in [6.07, 6.45) is 11.3. The lowest BCUT2D eigenvalue weighted by Gasteiger charge is -2.36. The fraction of sp³-hybridized carbons (Fsp3) is 0.720. The van der Waals surface area contributed by atoms with Crippen LogP contribution in [0.4, 0.5) is 0 Å². The van der Waals surface area contributed by atoms with Crippen molar-refractivity contribution in [3.8, 4) is 11.5 Å². The molecule has 1 aromatic carbocycles. The van der Waals surface area contributed by atoms with E-state index in [-0.39, 0.29) is 11.9 Å². The minimum Gasteiger partial charge on any atom is -0.497 e. The molecule has 6 heteroatoms. The fourth-order valence-corrected chi connectivity index (χ4v) is 5.45. The Hall–Kier alpha value is -1.79. The molecule has 6 nitrogen and oxygen atoms in total. The Labute approximate surface area is 186 Å². The van der Waals surface area contributed by atoms with Gasteiger partial charge in [0, 0.05) is 25.2 Å². The summed E-state index contributed by atoms with van der Waals surface area (Å²) in [5.74, 6) is 1.85. The summed E-state index contributed by atoms with van der Waals surface area (Å²) in [6.45, 7) is 3.21. The first-order valence-corrected chi connectivity index (χ1v) is 12.1. The van der Waals surface area contributed by atoms with Gasteiger partial charge in [0.1, 0.15) is 11.5 Å². The average Bonchev–Trinajstić information content (AvgIpc) is 3.30. The number of amides is 1. The average molecular weight is 431 g/mol. The molecule has 1 unspecified atom stereocenters. The van der Waals surface area contributed by atoms with Crippen LogP contribution in [0.5, 0.6) is 11.5 Å². The molecule has 0 aromatic heterocycles. The molecule has 2 heterocycles. The Morgan fingerprint density at radius 1 is 0.903 bits per heavy atom. The number of carbonyl (C=O) groups is 1. The van der Waals surface area contributed by atoms with Gasteiger partial charge in [-0.3, -0.25) is 9.69 Å². The predicted molar refractivity (Wildman–Crippen MR) is 121 cm³/mol. The minimum atomic E-state index is 0.0599. The van der Waals surface area contributed by atoms with Crippen molar-refractivity contribution in [2.24, 2.45) is 0 Å². The molecule has 3 aliphatic rings. The van der Waals surface area contributed by atoms with Gasteiger partial charge in [-0.15, -0.1) is 0 Å². The van der Waals surface area contributed by atoms with Crippen LogP contribution in [-0.4, -0.2) is 68.3 Å². The number of nitrogens with zero attached hydrogens (tertiary/aromatic N) is 2. The molecule has 0 bridgehead atoms. The summed E-state index contributed by atoms with van der Waals surface area (Å²) < 4.78 is 17.4. The predicted octanol–water partition coefficient (Wildman–Crippen LogP) is 4.18. The summed E-state index contributed by atoms with van der Waals surface area (Å²) in [7, 11) is 3.36. The van der Waals surface area contributed by atoms with Crippen molar-refractivity contribution in [1.82, 2.24) is 9.80 Å². The summed E-state index contributed by atoms with van der Waals surface area (Å²) >= 11 is 0. The highest BCUT2D eigenvalue weighted by atomic mass is 16.5. The maximum absolute atomic E-state index is 13.2. The topological polar surface area (TPSA) is 51.2 Å². The highest BCUT2D eigenvalue weighted by molar-refractivity contribution is 5.79. The van der Waals surface area contributed by atoms with Crippen LogP contribution < -0.4 is 9.47 Å². The number of piperidine rings is 1. The lowest BCUT2D eigenvalue weighted by Crippen LogP contribution is -2.45. The van der Waals surface area contributed by atoms with Crippen molar-refractivity contribution < 1.29 is 19.0 Å². The zero-order chi connectivity index (χ0) is 21.6. The van der Waals surface area contributed by atoms with Crippen molar-refractivity contribution in [1.29, 1.82) is 0 Å². The van der Waals surface area contributed by atoms with Crippen molar-refractivity contribution in [3.63, 3.8) is 0 Å². The van der Waals surface area contributed by atoms with Gasteiger partial charge in [-0.25, -0.2) is 0 Å². The third-order valence-corrected chi connectivity index (χ3v) is 7.20. The van der Waals surface area contributed by atoms with Crippen LogP contribution in [0.2, 0.25) is 0 Å². The van der Waals surface area contributed by atoms with Gasteiger partial charge in [0.15, 0.2) is 0 Å². The minimum absolute atomic E-state index is 0.0599.